The van der Waals surface area contributed by atoms with Crippen LogP contribution in [0.4, 0.5) is 0 Å². The molecule has 22 heavy (non-hydrogen) atoms. The van der Waals surface area contributed by atoms with E-state index in [0.29, 0.717) is 12.3 Å². The molecular formula is C18H27N3O. The molecule has 2 rings (SSSR count). The summed E-state index contributed by atoms with van der Waals surface area (Å²) < 4.78 is 5.80. The number of ether oxygens (including phenoxy) is 1. The molecule has 1 heterocycles. The summed E-state index contributed by atoms with van der Waals surface area (Å²) in [5.41, 5.74) is 1.31. The number of nitrogens with zero attached hydrogens (tertiary/aromatic N) is 3. The molecule has 4 heteroatoms. The lowest BCUT2D eigenvalue weighted by Gasteiger charge is -2.34. The highest BCUT2D eigenvalue weighted by molar-refractivity contribution is 5.28. The van der Waals surface area contributed by atoms with E-state index in [1.165, 1.54) is 5.56 Å². The molecule has 0 unspecified atom stereocenters. The van der Waals surface area contributed by atoms with Gasteiger partial charge in [0.05, 0.1) is 12.7 Å². The smallest absolute Gasteiger partial charge is 0.119 e. The highest BCUT2D eigenvalue weighted by atomic mass is 16.5. The van der Waals surface area contributed by atoms with Gasteiger partial charge >= 0.3 is 0 Å². The van der Waals surface area contributed by atoms with Crippen molar-refractivity contribution in [2.75, 3.05) is 39.3 Å². The van der Waals surface area contributed by atoms with Crippen molar-refractivity contribution in [2.24, 2.45) is 5.92 Å². The lowest BCUT2D eigenvalue weighted by Crippen LogP contribution is -2.46. The van der Waals surface area contributed by atoms with Crippen LogP contribution in [-0.4, -0.2) is 49.1 Å². The normalized spacial score (nSPS) is 16.6. The van der Waals surface area contributed by atoms with Gasteiger partial charge in [-0.05, 0) is 23.6 Å². The van der Waals surface area contributed by atoms with Gasteiger partial charge in [0.25, 0.3) is 0 Å². The second kappa shape index (κ2) is 8.77. The molecule has 0 spiro atoms. The van der Waals surface area contributed by atoms with E-state index in [1.807, 2.05) is 6.07 Å². The van der Waals surface area contributed by atoms with Crippen molar-refractivity contribution in [3.05, 3.63) is 29.8 Å². The Bertz CT molecular complexity index is 487. The summed E-state index contributed by atoms with van der Waals surface area (Å²) in [5.74, 6) is 1.52. The van der Waals surface area contributed by atoms with Crippen LogP contribution in [0.5, 0.6) is 5.75 Å². The minimum atomic E-state index is 0.546. The van der Waals surface area contributed by atoms with E-state index in [2.05, 4.69) is 47.9 Å². The minimum absolute atomic E-state index is 0.546. The molecule has 1 saturated heterocycles. The Morgan fingerprint density at radius 2 is 1.91 bits per heavy atom. The first-order chi connectivity index (χ1) is 10.7. The van der Waals surface area contributed by atoms with Gasteiger partial charge < -0.3 is 4.74 Å². The number of benzene rings is 1. The Balaban J connectivity index is 1.79. The molecule has 1 fully saturated rings. The quantitative estimate of drug-likeness (QED) is 0.776. The number of rotatable bonds is 7. The van der Waals surface area contributed by atoms with Gasteiger partial charge in [-0.3, -0.25) is 9.80 Å². The minimum Gasteiger partial charge on any atom is -0.493 e. The Morgan fingerprint density at radius 3 is 2.59 bits per heavy atom. The lowest BCUT2D eigenvalue weighted by molar-refractivity contribution is 0.129. The third-order valence-corrected chi connectivity index (χ3v) is 3.89. The van der Waals surface area contributed by atoms with E-state index in [1.54, 1.807) is 0 Å². The van der Waals surface area contributed by atoms with E-state index in [4.69, 9.17) is 10.00 Å². The van der Waals surface area contributed by atoms with E-state index in [9.17, 15) is 0 Å². The molecule has 1 aliphatic heterocycles. The molecule has 0 atom stereocenters. The summed E-state index contributed by atoms with van der Waals surface area (Å²) in [7, 11) is 0. The first-order valence-electron chi connectivity index (χ1n) is 8.21. The van der Waals surface area contributed by atoms with Crippen molar-refractivity contribution < 1.29 is 4.74 Å². The monoisotopic (exact) mass is 301 g/mol. The maximum atomic E-state index is 8.65. The maximum Gasteiger partial charge on any atom is 0.119 e. The molecule has 1 aromatic rings. The van der Waals surface area contributed by atoms with Crippen molar-refractivity contribution >= 4 is 0 Å². The van der Waals surface area contributed by atoms with Crippen LogP contribution in [0.1, 0.15) is 25.8 Å². The first kappa shape index (κ1) is 16.8. The molecule has 0 radical (unpaired) electrons. The fourth-order valence-corrected chi connectivity index (χ4v) is 2.63. The van der Waals surface area contributed by atoms with Crippen LogP contribution in [0.3, 0.4) is 0 Å². The summed E-state index contributed by atoms with van der Waals surface area (Å²) in [6.07, 6.45) is 0.634. The zero-order valence-corrected chi connectivity index (χ0v) is 13.8. The number of piperazine rings is 1. The molecule has 0 saturated carbocycles. The summed E-state index contributed by atoms with van der Waals surface area (Å²) in [5, 5.41) is 8.65. The second-order valence-corrected chi connectivity index (χ2v) is 6.38. The molecule has 0 N–H and O–H groups in total. The van der Waals surface area contributed by atoms with Crippen LogP contribution >= 0.6 is 0 Å². The van der Waals surface area contributed by atoms with Crippen LogP contribution in [0.2, 0.25) is 0 Å². The first-order valence-corrected chi connectivity index (χ1v) is 8.21. The average Bonchev–Trinajstić information content (AvgIpc) is 2.53. The highest BCUT2D eigenvalue weighted by Crippen LogP contribution is 2.16. The van der Waals surface area contributed by atoms with Gasteiger partial charge in [-0.1, -0.05) is 26.0 Å². The average molecular weight is 301 g/mol. The standard InChI is InChI=1S/C18H27N3O/c1-16(2)15-22-18-6-3-5-17(13-18)14-21-11-9-20(10-12-21)8-4-7-19/h3,5-6,13,16H,4,8-12,14-15H2,1-2H3. The molecule has 1 aliphatic rings. The summed E-state index contributed by atoms with van der Waals surface area (Å²) in [6.45, 7) is 11.2. The van der Waals surface area contributed by atoms with Gasteiger partial charge in [0.15, 0.2) is 0 Å². The molecule has 120 valence electrons. The zero-order chi connectivity index (χ0) is 15.8. The molecule has 0 amide bonds. The van der Waals surface area contributed by atoms with Crippen molar-refractivity contribution in [3.63, 3.8) is 0 Å². The predicted octanol–water partition coefficient (Wildman–Crippen LogP) is 2.75. The van der Waals surface area contributed by atoms with Crippen LogP contribution in [0, 0.1) is 17.2 Å². The highest BCUT2D eigenvalue weighted by Gasteiger charge is 2.16. The van der Waals surface area contributed by atoms with Crippen molar-refractivity contribution in [1.82, 2.24) is 9.80 Å². The van der Waals surface area contributed by atoms with Crippen molar-refractivity contribution in [1.29, 1.82) is 5.26 Å². The zero-order valence-electron chi connectivity index (χ0n) is 13.8. The maximum absolute atomic E-state index is 8.65. The third kappa shape index (κ3) is 5.67. The Kier molecular flexibility index (Phi) is 6.70. The van der Waals surface area contributed by atoms with Gasteiger partial charge in [-0.2, -0.15) is 5.26 Å². The Morgan fingerprint density at radius 1 is 1.18 bits per heavy atom. The van der Waals surface area contributed by atoms with Gasteiger partial charge in [0.2, 0.25) is 0 Å². The summed E-state index contributed by atoms with van der Waals surface area (Å²) in [6, 6.07) is 10.7. The molecule has 4 nitrogen and oxygen atoms in total. The fraction of sp³-hybridized carbons (Fsp3) is 0.611. The summed E-state index contributed by atoms with van der Waals surface area (Å²) >= 11 is 0. The van der Waals surface area contributed by atoms with Crippen LogP contribution in [0.15, 0.2) is 24.3 Å². The van der Waals surface area contributed by atoms with E-state index >= 15 is 0 Å². The van der Waals surface area contributed by atoms with Crippen LogP contribution < -0.4 is 4.74 Å². The number of hydrogen-bond acceptors (Lipinski definition) is 4. The van der Waals surface area contributed by atoms with Crippen LogP contribution in [0.25, 0.3) is 0 Å². The third-order valence-electron chi connectivity index (χ3n) is 3.89. The Labute approximate surface area is 134 Å². The van der Waals surface area contributed by atoms with Crippen molar-refractivity contribution in [3.8, 4) is 11.8 Å². The van der Waals surface area contributed by atoms with Gasteiger partial charge in [0.1, 0.15) is 5.75 Å². The van der Waals surface area contributed by atoms with Gasteiger partial charge in [-0.25, -0.2) is 0 Å². The number of nitriles is 1. The second-order valence-electron chi connectivity index (χ2n) is 6.38. The summed E-state index contributed by atoms with van der Waals surface area (Å²) in [4.78, 5) is 4.85. The van der Waals surface area contributed by atoms with Gasteiger partial charge in [-0.15, -0.1) is 0 Å². The van der Waals surface area contributed by atoms with Gasteiger partial charge in [0, 0.05) is 45.7 Å². The fourth-order valence-electron chi connectivity index (χ4n) is 2.63. The van der Waals surface area contributed by atoms with Crippen molar-refractivity contribution in [2.45, 2.75) is 26.8 Å². The molecular weight excluding hydrogens is 274 g/mol. The van der Waals surface area contributed by atoms with E-state index < -0.39 is 0 Å². The van der Waals surface area contributed by atoms with Crippen LogP contribution in [-0.2, 0) is 6.54 Å². The lowest BCUT2D eigenvalue weighted by atomic mass is 10.2. The number of hydrogen-bond donors (Lipinski definition) is 0. The SMILES string of the molecule is CC(C)COc1cccc(CN2CCN(CCC#N)CC2)c1. The molecule has 0 bridgehead atoms. The molecule has 1 aromatic carbocycles. The largest absolute Gasteiger partial charge is 0.493 e. The molecule has 0 aliphatic carbocycles. The topological polar surface area (TPSA) is 39.5 Å². The predicted molar refractivity (Wildman–Crippen MR) is 88.7 cm³/mol. The van der Waals surface area contributed by atoms with E-state index in [0.717, 1.165) is 51.6 Å². The Hall–Kier alpha value is -1.57. The molecule has 0 aromatic heterocycles. The van der Waals surface area contributed by atoms with E-state index in [-0.39, 0.29) is 0 Å².